The fourth-order valence-electron chi connectivity index (χ4n) is 3.47. The standard InChI is InChI=1S/C19H24N6O/c1-24-7-5-13(6-8-24)19(26)21-18-10-16-9-14(3-4-15(16)11-20-18)17-12-25(2)23-22-17/h3-4,9-13,19,26H,5-8H2,1-2H3,(H,20,21). The zero-order valence-electron chi connectivity index (χ0n) is 15.1. The Hall–Kier alpha value is -2.51. The van der Waals surface area contributed by atoms with Crippen molar-refractivity contribution in [1.29, 1.82) is 0 Å². The lowest BCUT2D eigenvalue weighted by Crippen LogP contribution is -2.38. The second kappa shape index (κ2) is 7.01. The Labute approximate surface area is 152 Å². The molecule has 0 spiro atoms. The van der Waals surface area contributed by atoms with Gasteiger partial charge in [-0.1, -0.05) is 17.3 Å². The van der Waals surface area contributed by atoms with Crippen molar-refractivity contribution in [3.05, 3.63) is 36.7 Å². The predicted octanol–water partition coefficient (Wildman–Crippen LogP) is 2.10. The van der Waals surface area contributed by atoms with Gasteiger partial charge in [0.15, 0.2) is 0 Å². The lowest BCUT2D eigenvalue weighted by Gasteiger charge is -2.32. The summed E-state index contributed by atoms with van der Waals surface area (Å²) in [5, 5.41) is 24.0. The Kier molecular flexibility index (Phi) is 4.57. The molecular formula is C19H24N6O. The van der Waals surface area contributed by atoms with E-state index in [2.05, 4.69) is 38.6 Å². The fourth-order valence-corrected chi connectivity index (χ4v) is 3.47. The molecule has 7 nitrogen and oxygen atoms in total. The number of hydrogen-bond acceptors (Lipinski definition) is 6. The molecule has 1 atom stereocenters. The number of anilines is 1. The second-order valence-electron chi connectivity index (χ2n) is 7.14. The third-order valence-electron chi connectivity index (χ3n) is 5.13. The molecule has 2 N–H and O–H groups in total. The number of aromatic nitrogens is 4. The van der Waals surface area contributed by atoms with Crippen LogP contribution in [-0.4, -0.2) is 56.3 Å². The van der Waals surface area contributed by atoms with E-state index in [0.717, 1.165) is 48.0 Å². The van der Waals surface area contributed by atoms with E-state index in [1.54, 1.807) is 4.68 Å². The number of aliphatic hydroxyl groups is 1. The monoisotopic (exact) mass is 352 g/mol. The predicted molar refractivity (Wildman–Crippen MR) is 102 cm³/mol. The number of hydrogen-bond donors (Lipinski definition) is 2. The van der Waals surface area contributed by atoms with Gasteiger partial charge in [-0.3, -0.25) is 4.68 Å². The molecule has 1 fully saturated rings. The van der Waals surface area contributed by atoms with Crippen LogP contribution < -0.4 is 5.32 Å². The summed E-state index contributed by atoms with van der Waals surface area (Å²) in [6.45, 7) is 2.05. The molecule has 4 rings (SSSR count). The van der Waals surface area contributed by atoms with Gasteiger partial charge < -0.3 is 15.3 Å². The van der Waals surface area contributed by atoms with E-state index < -0.39 is 6.23 Å². The van der Waals surface area contributed by atoms with E-state index in [4.69, 9.17) is 0 Å². The number of aryl methyl sites for hydroxylation is 1. The molecule has 1 aromatic carbocycles. The number of piperidine rings is 1. The summed E-state index contributed by atoms with van der Waals surface area (Å²) < 4.78 is 1.69. The van der Waals surface area contributed by atoms with Crippen molar-refractivity contribution in [2.75, 3.05) is 25.5 Å². The van der Waals surface area contributed by atoms with Crippen LogP contribution >= 0.6 is 0 Å². The van der Waals surface area contributed by atoms with Gasteiger partial charge in [0.2, 0.25) is 0 Å². The third kappa shape index (κ3) is 3.54. The Balaban J connectivity index is 1.54. The summed E-state index contributed by atoms with van der Waals surface area (Å²) in [6.07, 6.45) is 5.14. The lowest BCUT2D eigenvalue weighted by atomic mass is 9.95. The fraction of sp³-hybridized carbons (Fsp3) is 0.421. The van der Waals surface area contributed by atoms with Gasteiger partial charge in [-0.2, -0.15) is 0 Å². The molecular weight excluding hydrogens is 328 g/mol. The molecule has 136 valence electrons. The summed E-state index contributed by atoms with van der Waals surface area (Å²) >= 11 is 0. The largest absolute Gasteiger partial charge is 0.373 e. The molecule has 1 aliphatic rings. The van der Waals surface area contributed by atoms with Crippen molar-refractivity contribution >= 4 is 16.6 Å². The number of nitrogens with zero attached hydrogens (tertiary/aromatic N) is 5. The van der Waals surface area contributed by atoms with Crippen LogP contribution in [0.2, 0.25) is 0 Å². The Bertz CT molecular complexity index is 900. The molecule has 26 heavy (non-hydrogen) atoms. The SMILES string of the molecule is CN1CCC(C(O)Nc2cc3cc(-c4cn(C)nn4)ccc3cn2)CC1. The van der Waals surface area contributed by atoms with Crippen LogP contribution in [0.25, 0.3) is 22.0 Å². The van der Waals surface area contributed by atoms with E-state index in [9.17, 15) is 5.11 Å². The molecule has 0 radical (unpaired) electrons. The average molecular weight is 352 g/mol. The first kappa shape index (κ1) is 16.9. The van der Waals surface area contributed by atoms with Gasteiger partial charge in [-0.25, -0.2) is 4.98 Å². The highest BCUT2D eigenvalue weighted by Crippen LogP contribution is 2.25. The van der Waals surface area contributed by atoms with Gasteiger partial charge in [0.05, 0.1) is 6.20 Å². The molecule has 1 unspecified atom stereocenters. The maximum absolute atomic E-state index is 10.5. The quantitative estimate of drug-likeness (QED) is 0.700. The molecule has 0 amide bonds. The van der Waals surface area contributed by atoms with Crippen LogP contribution in [-0.2, 0) is 7.05 Å². The van der Waals surface area contributed by atoms with E-state index in [0.29, 0.717) is 5.82 Å². The number of fused-ring (bicyclic) bond motifs is 1. The molecule has 0 saturated carbocycles. The second-order valence-corrected chi connectivity index (χ2v) is 7.14. The van der Waals surface area contributed by atoms with Gasteiger partial charge in [-0.05, 0) is 50.5 Å². The summed E-state index contributed by atoms with van der Waals surface area (Å²) in [7, 11) is 3.98. The third-order valence-corrected chi connectivity index (χ3v) is 5.13. The molecule has 7 heteroatoms. The summed E-state index contributed by atoms with van der Waals surface area (Å²) in [5.74, 6) is 0.954. The smallest absolute Gasteiger partial charge is 0.128 e. The van der Waals surface area contributed by atoms with E-state index in [-0.39, 0.29) is 5.92 Å². The van der Waals surface area contributed by atoms with Gasteiger partial charge in [-0.15, -0.1) is 5.10 Å². The normalized spacial score (nSPS) is 17.5. The van der Waals surface area contributed by atoms with E-state index in [1.165, 1.54) is 0 Å². The minimum absolute atomic E-state index is 0.259. The molecule has 0 bridgehead atoms. The lowest BCUT2D eigenvalue weighted by molar-refractivity contribution is 0.0857. The van der Waals surface area contributed by atoms with Gasteiger partial charge >= 0.3 is 0 Å². The molecule has 1 aliphatic heterocycles. The zero-order chi connectivity index (χ0) is 18.1. The van der Waals surface area contributed by atoms with Crippen molar-refractivity contribution in [3.8, 4) is 11.3 Å². The van der Waals surface area contributed by atoms with E-state index >= 15 is 0 Å². The van der Waals surface area contributed by atoms with Crippen LogP contribution in [0.15, 0.2) is 36.7 Å². The average Bonchev–Trinajstić information content (AvgIpc) is 3.08. The summed E-state index contributed by atoms with van der Waals surface area (Å²) in [4.78, 5) is 6.75. The van der Waals surface area contributed by atoms with Crippen LogP contribution in [0.1, 0.15) is 12.8 Å². The number of likely N-dealkylation sites (tertiary alicyclic amines) is 1. The maximum Gasteiger partial charge on any atom is 0.128 e. The van der Waals surface area contributed by atoms with Crippen LogP contribution in [0.3, 0.4) is 0 Å². The Morgan fingerprint density at radius 1 is 1.15 bits per heavy atom. The number of rotatable bonds is 4. The van der Waals surface area contributed by atoms with Crippen molar-refractivity contribution in [3.63, 3.8) is 0 Å². The Morgan fingerprint density at radius 2 is 1.96 bits per heavy atom. The van der Waals surface area contributed by atoms with E-state index in [1.807, 2.05) is 37.6 Å². The van der Waals surface area contributed by atoms with Crippen molar-refractivity contribution in [1.82, 2.24) is 24.9 Å². The first-order chi connectivity index (χ1) is 12.6. The highest BCUT2D eigenvalue weighted by molar-refractivity contribution is 5.87. The van der Waals surface area contributed by atoms with Gasteiger partial charge in [0.1, 0.15) is 17.7 Å². The molecule has 2 aromatic heterocycles. The number of pyridine rings is 1. The van der Waals surface area contributed by atoms with Crippen molar-refractivity contribution in [2.45, 2.75) is 19.1 Å². The number of aliphatic hydroxyl groups excluding tert-OH is 1. The highest BCUT2D eigenvalue weighted by Gasteiger charge is 2.23. The maximum atomic E-state index is 10.5. The van der Waals surface area contributed by atoms with Crippen molar-refractivity contribution in [2.24, 2.45) is 13.0 Å². The summed E-state index contributed by atoms with van der Waals surface area (Å²) in [5.41, 5.74) is 1.85. The van der Waals surface area contributed by atoms with Crippen molar-refractivity contribution < 1.29 is 5.11 Å². The molecule has 3 aromatic rings. The first-order valence-corrected chi connectivity index (χ1v) is 8.98. The minimum atomic E-state index is -0.572. The molecule has 1 saturated heterocycles. The van der Waals surface area contributed by atoms with Crippen LogP contribution in [0.5, 0.6) is 0 Å². The van der Waals surface area contributed by atoms with Gasteiger partial charge in [0, 0.05) is 30.1 Å². The van der Waals surface area contributed by atoms with Gasteiger partial charge in [0.25, 0.3) is 0 Å². The minimum Gasteiger partial charge on any atom is -0.373 e. The number of benzene rings is 1. The number of nitrogens with one attached hydrogen (secondary N) is 1. The highest BCUT2D eigenvalue weighted by atomic mass is 16.3. The molecule has 0 aliphatic carbocycles. The zero-order valence-corrected chi connectivity index (χ0v) is 15.1. The van der Waals surface area contributed by atoms with Crippen LogP contribution in [0, 0.1) is 5.92 Å². The molecule has 3 heterocycles. The van der Waals surface area contributed by atoms with Crippen LogP contribution in [0.4, 0.5) is 5.82 Å². The first-order valence-electron chi connectivity index (χ1n) is 8.98. The Morgan fingerprint density at radius 3 is 2.69 bits per heavy atom. The summed E-state index contributed by atoms with van der Waals surface area (Å²) in [6, 6.07) is 8.11. The topological polar surface area (TPSA) is 79.1 Å².